The van der Waals surface area contributed by atoms with Gasteiger partial charge in [0.15, 0.2) is 0 Å². The summed E-state index contributed by atoms with van der Waals surface area (Å²) in [5, 5.41) is 12.1. The average molecular weight is 182 g/mol. The van der Waals surface area contributed by atoms with E-state index < -0.39 is 0 Å². The van der Waals surface area contributed by atoms with Crippen LogP contribution in [0.25, 0.3) is 0 Å². The number of hydrogen-bond donors (Lipinski definition) is 2. The third kappa shape index (κ3) is 3.90. The van der Waals surface area contributed by atoms with E-state index in [0.717, 1.165) is 5.82 Å². The van der Waals surface area contributed by atoms with Gasteiger partial charge in [0.05, 0.1) is 12.1 Å². The Morgan fingerprint density at radius 3 is 2.62 bits per heavy atom. The fourth-order valence-electron chi connectivity index (χ4n) is 0.823. The molecule has 0 atom stereocenters. The molecule has 0 fully saturated rings. The molecule has 74 valence electrons. The predicted octanol–water partition coefficient (Wildman–Crippen LogP) is 1.90. The Labute approximate surface area is 79.8 Å². The van der Waals surface area contributed by atoms with E-state index in [1.165, 1.54) is 0 Å². The summed E-state index contributed by atoms with van der Waals surface area (Å²) in [6.07, 6.45) is 1.72. The molecule has 0 radical (unpaired) electrons. The number of nitrogens with one attached hydrogen (secondary N) is 1. The van der Waals surface area contributed by atoms with Gasteiger partial charge in [0.2, 0.25) is 0 Å². The molecule has 0 amide bonds. The van der Waals surface area contributed by atoms with Crippen LogP contribution in [-0.2, 0) is 0 Å². The van der Waals surface area contributed by atoms with E-state index in [1.807, 2.05) is 32.0 Å². The SMILES string of the molecule is C.CC(C)(CO)Nc1ccccn1. The minimum atomic E-state index is -0.311. The second-order valence-corrected chi connectivity index (χ2v) is 3.38. The highest BCUT2D eigenvalue weighted by molar-refractivity contribution is 5.36. The molecule has 0 saturated heterocycles. The maximum Gasteiger partial charge on any atom is 0.126 e. The molecule has 1 rings (SSSR count). The van der Waals surface area contributed by atoms with E-state index in [9.17, 15) is 0 Å². The number of nitrogens with zero attached hydrogens (tertiary/aromatic N) is 1. The number of aromatic nitrogens is 1. The monoisotopic (exact) mass is 182 g/mol. The highest BCUT2D eigenvalue weighted by atomic mass is 16.3. The normalized spacial score (nSPS) is 10.4. The van der Waals surface area contributed by atoms with Gasteiger partial charge in [0.25, 0.3) is 0 Å². The van der Waals surface area contributed by atoms with Crippen LogP contribution < -0.4 is 5.32 Å². The minimum absolute atomic E-state index is 0. The van der Waals surface area contributed by atoms with E-state index in [-0.39, 0.29) is 19.6 Å². The standard InChI is InChI=1S/C9H14N2O.CH4/c1-9(2,7-12)11-8-5-3-4-6-10-8;/h3-6,12H,7H2,1-2H3,(H,10,11);1H4. The van der Waals surface area contributed by atoms with Gasteiger partial charge in [-0.15, -0.1) is 0 Å². The lowest BCUT2D eigenvalue weighted by atomic mass is 10.1. The first-order valence-corrected chi connectivity index (χ1v) is 3.94. The molecule has 0 bridgehead atoms. The number of aliphatic hydroxyl groups is 1. The van der Waals surface area contributed by atoms with Crippen molar-refractivity contribution >= 4 is 5.82 Å². The molecular weight excluding hydrogens is 164 g/mol. The molecule has 13 heavy (non-hydrogen) atoms. The van der Waals surface area contributed by atoms with Crippen molar-refractivity contribution in [3.8, 4) is 0 Å². The van der Waals surface area contributed by atoms with Crippen LogP contribution in [0.4, 0.5) is 5.82 Å². The molecule has 0 aliphatic heterocycles. The van der Waals surface area contributed by atoms with E-state index in [1.54, 1.807) is 6.20 Å². The smallest absolute Gasteiger partial charge is 0.126 e. The van der Waals surface area contributed by atoms with Crippen LogP contribution in [0.5, 0.6) is 0 Å². The van der Waals surface area contributed by atoms with Gasteiger partial charge in [0.1, 0.15) is 5.82 Å². The summed E-state index contributed by atoms with van der Waals surface area (Å²) >= 11 is 0. The molecule has 1 aromatic rings. The van der Waals surface area contributed by atoms with Crippen LogP contribution in [0.3, 0.4) is 0 Å². The number of pyridine rings is 1. The Kier molecular flexibility index (Phi) is 4.42. The van der Waals surface area contributed by atoms with Crippen molar-refractivity contribution in [2.45, 2.75) is 26.8 Å². The summed E-state index contributed by atoms with van der Waals surface area (Å²) in [6.45, 7) is 3.92. The molecule has 0 spiro atoms. The van der Waals surface area contributed by atoms with Gasteiger partial charge < -0.3 is 10.4 Å². The fraction of sp³-hybridized carbons (Fsp3) is 0.500. The van der Waals surface area contributed by atoms with Crippen LogP contribution in [0.2, 0.25) is 0 Å². The fourth-order valence-corrected chi connectivity index (χ4v) is 0.823. The van der Waals surface area contributed by atoms with Crippen molar-refractivity contribution in [2.75, 3.05) is 11.9 Å². The van der Waals surface area contributed by atoms with Crippen molar-refractivity contribution < 1.29 is 5.11 Å². The maximum absolute atomic E-state index is 8.97. The molecule has 0 saturated carbocycles. The summed E-state index contributed by atoms with van der Waals surface area (Å²) < 4.78 is 0. The molecule has 0 aromatic carbocycles. The van der Waals surface area contributed by atoms with Crippen molar-refractivity contribution in [1.82, 2.24) is 4.98 Å². The molecule has 1 aromatic heterocycles. The largest absolute Gasteiger partial charge is 0.394 e. The molecule has 3 heteroatoms. The third-order valence-electron chi connectivity index (χ3n) is 1.53. The third-order valence-corrected chi connectivity index (χ3v) is 1.53. The molecule has 0 unspecified atom stereocenters. The summed E-state index contributed by atoms with van der Waals surface area (Å²) in [7, 11) is 0. The van der Waals surface area contributed by atoms with E-state index >= 15 is 0 Å². The lowest BCUT2D eigenvalue weighted by Gasteiger charge is -2.23. The number of hydrogen-bond acceptors (Lipinski definition) is 3. The van der Waals surface area contributed by atoms with Gasteiger partial charge in [-0.25, -0.2) is 4.98 Å². The Morgan fingerprint density at radius 2 is 2.15 bits per heavy atom. The van der Waals surface area contributed by atoms with Crippen LogP contribution in [0, 0.1) is 0 Å². The quantitative estimate of drug-likeness (QED) is 0.750. The van der Waals surface area contributed by atoms with Gasteiger partial charge in [-0.05, 0) is 26.0 Å². The second kappa shape index (κ2) is 4.82. The van der Waals surface area contributed by atoms with Gasteiger partial charge in [0, 0.05) is 6.20 Å². The average Bonchev–Trinajstić information content (AvgIpc) is 2.06. The van der Waals surface area contributed by atoms with Gasteiger partial charge >= 0.3 is 0 Å². The zero-order chi connectivity index (χ0) is 9.03. The summed E-state index contributed by atoms with van der Waals surface area (Å²) in [4.78, 5) is 4.09. The lowest BCUT2D eigenvalue weighted by molar-refractivity contribution is 0.234. The molecular formula is C10H18N2O. The van der Waals surface area contributed by atoms with Gasteiger partial charge in [-0.1, -0.05) is 13.5 Å². The van der Waals surface area contributed by atoms with Crippen LogP contribution in [-0.4, -0.2) is 22.2 Å². The van der Waals surface area contributed by atoms with E-state index in [0.29, 0.717) is 0 Å². The zero-order valence-electron chi connectivity index (χ0n) is 7.41. The maximum atomic E-state index is 8.97. The van der Waals surface area contributed by atoms with Crippen molar-refractivity contribution in [2.24, 2.45) is 0 Å². The topological polar surface area (TPSA) is 45.1 Å². The van der Waals surface area contributed by atoms with Crippen LogP contribution in [0.1, 0.15) is 21.3 Å². The number of aliphatic hydroxyl groups excluding tert-OH is 1. The van der Waals surface area contributed by atoms with Crippen LogP contribution >= 0.6 is 0 Å². The van der Waals surface area contributed by atoms with Gasteiger partial charge in [-0.3, -0.25) is 0 Å². The Bertz CT molecular complexity index is 234. The highest BCUT2D eigenvalue weighted by Gasteiger charge is 2.15. The highest BCUT2D eigenvalue weighted by Crippen LogP contribution is 2.10. The summed E-state index contributed by atoms with van der Waals surface area (Å²) in [5.74, 6) is 0.788. The molecule has 0 aliphatic rings. The molecule has 0 aliphatic carbocycles. The summed E-state index contributed by atoms with van der Waals surface area (Å²) in [6, 6.07) is 5.64. The number of rotatable bonds is 3. The minimum Gasteiger partial charge on any atom is -0.394 e. The molecule has 1 heterocycles. The lowest BCUT2D eigenvalue weighted by Crippen LogP contribution is -2.35. The van der Waals surface area contributed by atoms with Crippen molar-refractivity contribution in [1.29, 1.82) is 0 Å². The first-order valence-electron chi connectivity index (χ1n) is 3.94. The Morgan fingerprint density at radius 1 is 1.46 bits per heavy atom. The van der Waals surface area contributed by atoms with E-state index in [4.69, 9.17) is 5.11 Å². The summed E-state index contributed by atoms with van der Waals surface area (Å²) in [5.41, 5.74) is -0.311. The first-order chi connectivity index (χ1) is 5.64. The van der Waals surface area contributed by atoms with Crippen molar-refractivity contribution in [3.63, 3.8) is 0 Å². The molecule has 2 N–H and O–H groups in total. The number of anilines is 1. The van der Waals surface area contributed by atoms with Gasteiger partial charge in [-0.2, -0.15) is 0 Å². The van der Waals surface area contributed by atoms with Crippen molar-refractivity contribution in [3.05, 3.63) is 24.4 Å². The Hall–Kier alpha value is -1.09. The first kappa shape index (κ1) is 11.9. The predicted molar refractivity (Wildman–Crippen MR) is 55.8 cm³/mol. The van der Waals surface area contributed by atoms with E-state index in [2.05, 4.69) is 10.3 Å². The second-order valence-electron chi connectivity index (χ2n) is 3.38. The van der Waals surface area contributed by atoms with Crippen LogP contribution in [0.15, 0.2) is 24.4 Å². The zero-order valence-corrected chi connectivity index (χ0v) is 7.41. The Balaban J connectivity index is 0.00000144. The molecule has 3 nitrogen and oxygen atoms in total.